The summed E-state index contributed by atoms with van der Waals surface area (Å²) in [5.41, 5.74) is 1.01. The fourth-order valence-electron chi connectivity index (χ4n) is 3.11. The number of ether oxygens (including phenoxy) is 2. The molecule has 2 rings (SSSR count). The minimum absolute atomic E-state index is 0.463. The molecule has 0 aliphatic heterocycles. The maximum atomic E-state index is 12.7. The maximum Gasteiger partial charge on any atom is 0.323 e. The zero-order valence-electron chi connectivity index (χ0n) is 19.3. The van der Waals surface area contributed by atoms with Crippen LogP contribution in [0.1, 0.15) is 25.7 Å². The molecule has 0 aliphatic rings. The monoisotopic (exact) mass is 461 g/mol. The van der Waals surface area contributed by atoms with Gasteiger partial charge < -0.3 is 14.4 Å². The van der Waals surface area contributed by atoms with Crippen LogP contribution in [0.5, 0.6) is 11.5 Å². The summed E-state index contributed by atoms with van der Waals surface area (Å²) >= 11 is 0. The number of hydrogen-bond donors (Lipinski definition) is 1. The Hall–Kier alpha value is -2.71. The molecular weight excluding hydrogens is 426 g/mol. The lowest BCUT2D eigenvalue weighted by Crippen LogP contribution is -2.32. The van der Waals surface area contributed by atoms with Crippen molar-refractivity contribution < 1.29 is 17.9 Å². The molecule has 0 heterocycles. The first-order chi connectivity index (χ1) is 15.4. The van der Waals surface area contributed by atoms with Crippen molar-refractivity contribution in [2.75, 3.05) is 49.9 Å². The summed E-state index contributed by atoms with van der Waals surface area (Å²) in [4.78, 5) is 2.26. The van der Waals surface area contributed by atoms with E-state index in [1.165, 1.54) is 24.2 Å². The Morgan fingerprint density at radius 3 is 2.19 bits per heavy atom. The van der Waals surface area contributed by atoms with E-state index >= 15 is 0 Å². The van der Waals surface area contributed by atoms with Crippen molar-refractivity contribution in [1.82, 2.24) is 4.90 Å². The normalized spacial score (nSPS) is 11.2. The molecular formula is C24H35N3O4S. The van der Waals surface area contributed by atoms with Crippen molar-refractivity contribution >= 4 is 21.6 Å². The molecule has 0 atom stereocenters. The minimum atomic E-state index is -3.75. The van der Waals surface area contributed by atoms with Gasteiger partial charge in [-0.3, -0.25) is 9.03 Å². The molecule has 0 saturated heterocycles. The molecule has 0 radical (unpaired) electrons. The van der Waals surface area contributed by atoms with Crippen molar-refractivity contribution in [3.8, 4) is 11.5 Å². The van der Waals surface area contributed by atoms with Crippen LogP contribution in [0.25, 0.3) is 0 Å². The lowest BCUT2D eigenvalue weighted by atomic mass is 10.2. The van der Waals surface area contributed by atoms with E-state index in [4.69, 9.17) is 9.47 Å². The number of likely N-dealkylation sites (N-methyl/N-ethyl adjacent to an activating group) is 1. The molecule has 2 aromatic carbocycles. The highest BCUT2D eigenvalue weighted by molar-refractivity contribution is 7.94. The topological polar surface area (TPSA) is 71.1 Å². The van der Waals surface area contributed by atoms with E-state index in [-0.39, 0.29) is 0 Å². The van der Waals surface area contributed by atoms with E-state index in [0.717, 1.165) is 31.7 Å². The van der Waals surface area contributed by atoms with Crippen molar-refractivity contribution in [3.05, 3.63) is 61.2 Å². The molecule has 176 valence electrons. The number of rotatable bonds is 15. The summed E-state index contributed by atoms with van der Waals surface area (Å²) in [6, 6.07) is 13.8. The zero-order valence-corrected chi connectivity index (χ0v) is 20.1. The van der Waals surface area contributed by atoms with Crippen LogP contribution in [-0.2, 0) is 10.2 Å². The largest absolute Gasteiger partial charge is 0.497 e. The van der Waals surface area contributed by atoms with E-state index in [9.17, 15) is 8.42 Å². The Labute approximate surface area is 192 Å². The molecule has 8 heteroatoms. The van der Waals surface area contributed by atoms with E-state index in [0.29, 0.717) is 23.7 Å². The smallest absolute Gasteiger partial charge is 0.323 e. The lowest BCUT2D eigenvalue weighted by molar-refractivity contribution is 0.300. The average Bonchev–Trinajstić information content (AvgIpc) is 2.79. The Bertz CT molecular complexity index is 915. The summed E-state index contributed by atoms with van der Waals surface area (Å²) in [6.45, 7) is 6.40. The second-order valence-electron chi connectivity index (χ2n) is 7.61. The number of hydrogen-bond acceptors (Lipinski definition) is 5. The molecule has 0 spiro atoms. The minimum Gasteiger partial charge on any atom is -0.497 e. The van der Waals surface area contributed by atoms with Crippen LogP contribution in [0.2, 0.25) is 0 Å². The molecule has 0 bridgehead atoms. The van der Waals surface area contributed by atoms with Crippen molar-refractivity contribution in [3.63, 3.8) is 0 Å². The second kappa shape index (κ2) is 13.0. The summed E-state index contributed by atoms with van der Waals surface area (Å²) in [5.74, 6) is 1.39. The predicted molar refractivity (Wildman–Crippen MR) is 132 cm³/mol. The fourth-order valence-corrected chi connectivity index (χ4v) is 4.08. The van der Waals surface area contributed by atoms with Gasteiger partial charge in [0.25, 0.3) is 0 Å². The van der Waals surface area contributed by atoms with Crippen LogP contribution in [-0.4, -0.2) is 54.2 Å². The Morgan fingerprint density at radius 1 is 0.938 bits per heavy atom. The van der Waals surface area contributed by atoms with Crippen LogP contribution in [0, 0.1) is 0 Å². The van der Waals surface area contributed by atoms with Gasteiger partial charge in [-0.1, -0.05) is 18.9 Å². The van der Waals surface area contributed by atoms with Gasteiger partial charge in [0.15, 0.2) is 0 Å². The third-order valence-electron chi connectivity index (χ3n) is 5.04. The van der Waals surface area contributed by atoms with Gasteiger partial charge in [0.1, 0.15) is 11.5 Å². The highest BCUT2D eigenvalue weighted by atomic mass is 32.2. The van der Waals surface area contributed by atoms with E-state index < -0.39 is 10.2 Å². The van der Waals surface area contributed by atoms with Crippen molar-refractivity contribution in [1.29, 1.82) is 0 Å². The van der Waals surface area contributed by atoms with Crippen LogP contribution < -0.4 is 18.5 Å². The number of nitrogens with one attached hydrogen (secondary N) is 1. The van der Waals surface area contributed by atoms with Gasteiger partial charge in [0, 0.05) is 13.6 Å². The lowest BCUT2D eigenvalue weighted by Gasteiger charge is -2.20. The van der Waals surface area contributed by atoms with Crippen molar-refractivity contribution in [2.45, 2.75) is 25.7 Å². The van der Waals surface area contributed by atoms with Crippen LogP contribution >= 0.6 is 0 Å². The third-order valence-corrected chi connectivity index (χ3v) is 6.47. The number of methoxy groups -OCH3 is 1. The molecule has 7 nitrogen and oxygen atoms in total. The van der Waals surface area contributed by atoms with Crippen LogP contribution in [0.3, 0.4) is 0 Å². The van der Waals surface area contributed by atoms with Gasteiger partial charge in [-0.25, -0.2) is 0 Å². The maximum absolute atomic E-state index is 12.7. The molecule has 0 unspecified atom stereocenters. The average molecular weight is 462 g/mol. The zero-order chi connectivity index (χ0) is 23.4. The highest BCUT2D eigenvalue weighted by Gasteiger charge is 2.18. The highest BCUT2D eigenvalue weighted by Crippen LogP contribution is 2.23. The van der Waals surface area contributed by atoms with Gasteiger partial charge in [0.05, 0.1) is 25.1 Å². The van der Waals surface area contributed by atoms with Gasteiger partial charge >= 0.3 is 10.2 Å². The van der Waals surface area contributed by atoms with Crippen molar-refractivity contribution in [2.24, 2.45) is 0 Å². The molecule has 0 aromatic heterocycles. The molecule has 0 aliphatic carbocycles. The first-order valence-electron chi connectivity index (χ1n) is 10.8. The number of nitrogens with zero attached hydrogens (tertiary/aromatic N) is 2. The first kappa shape index (κ1) is 25.5. The Kier molecular flexibility index (Phi) is 10.4. The Morgan fingerprint density at radius 2 is 1.56 bits per heavy atom. The summed E-state index contributed by atoms with van der Waals surface area (Å²) < 4.78 is 40.0. The molecule has 0 saturated carbocycles. The Balaban J connectivity index is 1.76. The van der Waals surface area contributed by atoms with E-state index in [1.54, 1.807) is 55.6 Å². The molecule has 1 N–H and O–H groups in total. The van der Waals surface area contributed by atoms with E-state index in [2.05, 4.69) is 23.2 Å². The first-order valence-corrected chi connectivity index (χ1v) is 12.2. The number of unbranched alkanes of at least 4 members (excludes halogenated alkanes) is 3. The van der Waals surface area contributed by atoms with Gasteiger partial charge in [-0.2, -0.15) is 8.42 Å². The van der Waals surface area contributed by atoms with Gasteiger partial charge in [0.2, 0.25) is 0 Å². The molecule has 2 aromatic rings. The fraction of sp³-hybridized carbons (Fsp3) is 0.417. The summed E-state index contributed by atoms with van der Waals surface area (Å²) in [7, 11) is 1.43. The molecule has 0 fully saturated rings. The molecule has 32 heavy (non-hydrogen) atoms. The van der Waals surface area contributed by atoms with Crippen LogP contribution in [0.15, 0.2) is 61.2 Å². The van der Waals surface area contributed by atoms with E-state index in [1.807, 2.05) is 6.08 Å². The number of anilines is 2. The van der Waals surface area contributed by atoms with Gasteiger partial charge in [-0.05, 0) is 75.0 Å². The van der Waals surface area contributed by atoms with Crippen LogP contribution in [0.4, 0.5) is 11.4 Å². The summed E-state index contributed by atoms with van der Waals surface area (Å²) in [6.07, 6.45) is 6.38. The standard InChI is InChI=1S/C24H35N3O4S/c1-5-18-26(2)19-8-6-7-9-20-31-24-16-12-22(13-17-24)27(3)32(28,29)25-21-10-14-23(30-4)15-11-21/h5,10-17,25H,1,6-9,18-20H2,2-4H3. The van der Waals surface area contributed by atoms with Gasteiger partial charge in [-0.15, -0.1) is 6.58 Å². The third kappa shape index (κ3) is 8.43. The SMILES string of the molecule is C=CCN(C)CCCCCCOc1ccc(N(C)S(=O)(=O)Nc2ccc(OC)cc2)cc1. The number of benzene rings is 2. The quantitative estimate of drug-likeness (QED) is 0.311. The summed E-state index contributed by atoms with van der Waals surface area (Å²) in [5, 5.41) is 0. The predicted octanol–water partition coefficient (Wildman–Crippen LogP) is 4.55. The molecule has 0 amide bonds. The second-order valence-corrected chi connectivity index (χ2v) is 9.31.